The Kier molecular flexibility index (Phi) is 3.48. The highest BCUT2D eigenvalue weighted by molar-refractivity contribution is 9.10. The van der Waals surface area contributed by atoms with Gasteiger partial charge in [0, 0.05) is 23.3 Å². The van der Waals surface area contributed by atoms with E-state index in [2.05, 4.69) is 25.8 Å². The van der Waals surface area contributed by atoms with Crippen molar-refractivity contribution in [3.05, 3.63) is 22.3 Å². The molecular weight excluding hydrogens is 308 g/mol. The molecule has 1 aliphatic carbocycles. The maximum Gasteiger partial charge on any atom is 0.339 e. The van der Waals surface area contributed by atoms with E-state index >= 15 is 0 Å². The summed E-state index contributed by atoms with van der Waals surface area (Å²) in [6, 6.07) is 2.14. The molecule has 0 spiro atoms. The fraction of sp³-hybridized carbons (Fsp3) is 0.571. The van der Waals surface area contributed by atoms with E-state index < -0.39 is 5.97 Å². The third-order valence-corrected chi connectivity index (χ3v) is 4.78. The highest BCUT2D eigenvalue weighted by atomic mass is 79.9. The third kappa shape index (κ3) is 2.36. The Morgan fingerprint density at radius 1 is 1.37 bits per heavy atom. The zero-order valence-corrected chi connectivity index (χ0v) is 12.3. The second kappa shape index (κ2) is 5.12. The van der Waals surface area contributed by atoms with E-state index in [1.165, 1.54) is 32.1 Å². The normalized spacial score (nSPS) is 26.3. The van der Waals surface area contributed by atoms with Crippen LogP contribution < -0.4 is 4.90 Å². The van der Waals surface area contributed by atoms with E-state index in [0.29, 0.717) is 21.9 Å². The fourth-order valence-electron chi connectivity index (χ4n) is 3.49. The molecule has 3 rings (SSSR count). The summed E-state index contributed by atoms with van der Waals surface area (Å²) in [7, 11) is 0. The zero-order chi connectivity index (χ0) is 13.4. The molecule has 19 heavy (non-hydrogen) atoms. The molecular formula is C14H17BrN2O2. The van der Waals surface area contributed by atoms with Crippen LogP contribution in [-0.2, 0) is 0 Å². The number of fused-ring (bicyclic) bond motifs is 1. The third-order valence-electron chi connectivity index (χ3n) is 4.35. The van der Waals surface area contributed by atoms with Gasteiger partial charge >= 0.3 is 5.97 Å². The van der Waals surface area contributed by atoms with Crippen LogP contribution in [0, 0.1) is 5.92 Å². The van der Waals surface area contributed by atoms with Gasteiger partial charge in [0.2, 0.25) is 0 Å². The first-order valence-corrected chi connectivity index (χ1v) is 7.61. The summed E-state index contributed by atoms with van der Waals surface area (Å²) in [5.41, 5.74) is 0.306. The van der Waals surface area contributed by atoms with E-state index in [1.54, 1.807) is 12.3 Å². The van der Waals surface area contributed by atoms with Gasteiger partial charge in [-0.3, -0.25) is 0 Å². The van der Waals surface area contributed by atoms with Crippen molar-refractivity contribution in [3.63, 3.8) is 0 Å². The first-order chi connectivity index (χ1) is 9.16. The average molecular weight is 325 g/mol. The zero-order valence-electron chi connectivity index (χ0n) is 10.7. The minimum atomic E-state index is -0.900. The smallest absolute Gasteiger partial charge is 0.339 e. The maximum atomic E-state index is 11.4. The molecule has 0 amide bonds. The van der Waals surface area contributed by atoms with Crippen molar-refractivity contribution in [3.8, 4) is 0 Å². The molecule has 1 N–H and O–H groups in total. The van der Waals surface area contributed by atoms with Crippen molar-refractivity contribution in [1.29, 1.82) is 0 Å². The number of carboxylic acids is 1. The second-order valence-electron chi connectivity index (χ2n) is 5.42. The molecule has 0 bridgehead atoms. The highest BCUT2D eigenvalue weighted by Crippen LogP contribution is 2.39. The Bertz CT molecular complexity index is 506. The molecule has 0 radical (unpaired) electrons. The van der Waals surface area contributed by atoms with Crippen LogP contribution in [0.3, 0.4) is 0 Å². The van der Waals surface area contributed by atoms with E-state index in [-0.39, 0.29) is 0 Å². The number of halogens is 1. The molecule has 0 aromatic carbocycles. The summed E-state index contributed by atoms with van der Waals surface area (Å²) in [5, 5.41) is 9.36. The molecule has 2 atom stereocenters. The van der Waals surface area contributed by atoms with E-state index in [9.17, 15) is 9.90 Å². The van der Waals surface area contributed by atoms with Crippen molar-refractivity contribution < 1.29 is 9.90 Å². The Balaban J connectivity index is 1.95. The lowest BCUT2D eigenvalue weighted by atomic mass is 9.85. The Morgan fingerprint density at radius 3 is 2.95 bits per heavy atom. The molecule has 1 saturated heterocycles. The maximum absolute atomic E-state index is 11.4. The number of nitrogens with zero attached hydrogens (tertiary/aromatic N) is 2. The van der Waals surface area contributed by atoms with Crippen molar-refractivity contribution in [2.45, 2.75) is 38.1 Å². The minimum absolute atomic E-state index is 0.306. The number of rotatable bonds is 2. The largest absolute Gasteiger partial charge is 0.478 e. The van der Waals surface area contributed by atoms with Gasteiger partial charge in [-0.1, -0.05) is 12.8 Å². The first-order valence-electron chi connectivity index (χ1n) is 6.82. The number of carbonyl (C=O) groups is 1. The molecule has 4 nitrogen and oxygen atoms in total. The van der Waals surface area contributed by atoms with Crippen LogP contribution in [0.25, 0.3) is 0 Å². The Hall–Kier alpha value is -1.10. The summed E-state index contributed by atoms with van der Waals surface area (Å²) >= 11 is 3.30. The Morgan fingerprint density at radius 2 is 2.16 bits per heavy atom. The quantitative estimate of drug-likeness (QED) is 0.906. The fourth-order valence-corrected chi connectivity index (χ4v) is 3.82. The van der Waals surface area contributed by atoms with Gasteiger partial charge < -0.3 is 10.0 Å². The molecule has 1 saturated carbocycles. The lowest BCUT2D eigenvalue weighted by Crippen LogP contribution is -2.36. The standard InChI is InChI=1S/C14H17BrN2O2/c15-10-7-11(14(18)19)13(16-8-10)17-6-5-9-3-1-2-4-12(9)17/h7-9,12H,1-6H2,(H,18,19). The van der Waals surface area contributed by atoms with Crippen LogP contribution in [0.2, 0.25) is 0 Å². The van der Waals surface area contributed by atoms with Gasteiger partial charge in [0.1, 0.15) is 11.4 Å². The van der Waals surface area contributed by atoms with Crippen LogP contribution in [0.1, 0.15) is 42.5 Å². The van der Waals surface area contributed by atoms with Crippen molar-refractivity contribution in [1.82, 2.24) is 4.98 Å². The van der Waals surface area contributed by atoms with Crippen molar-refractivity contribution in [2.24, 2.45) is 5.92 Å². The van der Waals surface area contributed by atoms with E-state index in [4.69, 9.17) is 0 Å². The summed E-state index contributed by atoms with van der Waals surface area (Å²) in [5.74, 6) is 0.467. The van der Waals surface area contributed by atoms with Crippen LogP contribution in [0.4, 0.5) is 5.82 Å². The number of hydrogen-bond donors (Lipinski definition) is 1. The van der Waals surface area contributed by atoms with Gasteiger partial charge in [-0.25, -0.2) is 9.78 Å². The predicted molar refractivity (Wildman–Crippen MR) is 76.6 cm³/mol. The van der Waals surface area contributed by atoms with Crippen LogP contribution in [-0.4, -0.2) is 28.6 Å². The van der Waals surface area contributed by atoms with Crippen LogP contribution in [0.15, 0.2) is 16.7 Å². The number of aromatic carboxylic acids is 1. The van der Waals surface area contributed by atoms with Crippen LogP contribution in [0.5, 0.6) is 0 Å². The Labute approximate surface area is 121 Å². The molecule has 102 valence electrons. The van der Waals surface area contributed by atoms with Gasteiger partial charge in [0.25, 0.3) is 0 Å². The molecule has 1 aromatic rings. The average Bonchev–Trinajstić information content (AvgIpc) is 2.82. The monoisotopic (exact) mass is 324 g/mol. The molecule has 2 heterocycles. The number of pyridine rings is 1. The van der Waals surface area contributed by atoms with Crippen LogP contribution >= 0.6 is 15.9 Å². The number of carboxylic acid groups (broad SMARTS) is 1. The minimum Gasteiger partial charge on any atom is -0.478 e. The molecule has 1 aromatic heterocycles. The van der Waals surface area contributed by atoms with Crippen molar-refractivity contribution in [2.75, 3.05) is 11.4 Å². The second-order valence-corrected chi connectivity index (χ2v) is 6.34. The SMILES string of the molecule is O=C(O)c1cc(Br)cnc1N1CCC2CCCCC21. The summed E-state index contributed by atoms with van der Waals surface area (Å²) in [6.07, 6.45) is 7.87. The highest BCUT2D eigenvalue weighted by Gasteiger charge is 2.37. The van der Waals surface area contributed by atoms with Gasteiger partial charge in [0.05, 0.1) is 0 Å². The predicted octanol–water partition coefficient (Wildman–Crippen LogP) is 3.31. The lowest BCUT2D eigenvalue weighted by Gasteiger charge is -2.33. The summed E-state index contributed by atoms with van der Waals surface area (Å²) in [4.78, 5) is 18.0. The molecule has 2 aliphatic rings. The van der Waals surface area contributed by atoms with Gasteiger partial charge in [-0.05, 0) is 47.2 Å². The molecule has 2 unspecified atom stereocenters. The molecule has 1 aliphatic heterocycles. The molecule has 5 heteroatoms. The van der Waals surface area contributed by atoms with Gasteiger partial charge in [-0.2, -0.15) is 0 Å². The topological polar surface area (TPSA) is 53.4 Å². The number of hydrogen-bond acceptors (Lipinski definition) is 3. The van der Waals surface area contributed by atoms with E-state index in [1.807, 2.05) is 0 Å². The molecule has 2 fully saturated rings. The van der Waals surface area contributed by atoms with E-state index in [0.717, 1.165) is 12.5 Å². The van der Waals surface area contributed by atoms with Gasteiger partial charge in [-0.15, -0.1) is 0 Å². The summed E-state index contributed by atoms with van der Waals surface area (Å²) in [6.45, 7) is 0.935. The van der Waals surface area contributed by atoms with Crippen molar-refractivity contribution >= 4 is 27.7 Å². The lowest BCUT2D eigenvalue weighted by molar-refractivity contribution is 0.0697. The summed E-state index contributed by atoms with van der Waals surface area (Å²) < 4.78 is 0.716. The number of anilines is 1. The first kappa shape index (κ1) is 12.9. The number of aromatic nitrogens is 1. The van der Waals surface area contributed by atoms with Gasteiger partial charge in [0.15, 0.2) is 0 Å².